The van der Waals surface area contributed by atoms with Crippen molar-refractivity contribution >= 4 is 29.3 Å². The van der Waals surface area contributed by atoms with Crippen LogP contribution in [0.4, 0.5) is 0 Å². The Labute approximate surface area is 147 Å². The summed E-state index contributed by atoms with van der Waals surface area (Å²) in [5.41, 5.74) is 3.77. The van der Waals surface area contributed by atoms with Gasteiger partial charge in [0.2, 0.25) is 5.91 Å². The molecule has 23 heavy (non-hydrogen) atoms. The second-order valence-corrected chi connectivity index (χ2v) is 6.98. The number of aryl methyl sites for hydroxylation is 2. The van der Waals surface area contributed by atoms with Crippen LogP contribution in [-0.2, 0) is 17.0 Å². The molecule has 2 aromatic rings. The first-order chi connectivity index (χ1) is 11.1. The smallest absolute Gasteiger partial charge is 0.230 e. The number of carbonyl (C=O) groups is 1. The number of hydrogen-bond acceptors (Lipinski definition) is 2. The maximum Gasteiger partial charge on any atom is 0.230 e. The van der Waals surface area contributed by atoms with Crippen LogP contribution in [-0.4, -0.2) is 18.2 Å². The van der Waals surface area contributed by atoms with Crippen LogP contribution in [0.15, 0.2) is 48.5 Å². The highest BCUT2D eigenvalue weighted by atomic mass is 35.5. The Balaban J connectivity index is 1.56. The van der Waals surface area contributed by atoms with Gasteiger partial charge in [-0.2, -0.15) is 0 Å². The molecule has 0 fully saturated rings. The first-order valence-corrected chi connectivity index (χ1v) is 9.31. The van der Waals surface area contributed by atoms with Gasteiger partial charge in [-0.15, -0.1) is 11.8 Å². The number of rotatable bonds is 8. The highest BCUT2D eigenvalue weighted by Crippen LogP contribution is 2.13. The third-order valence-corrected chi connectivity index (χ3v) is 4.76. The minimum atomic E-state index is 0.109. The number of hydrogen-bond donors (Lipinski definition) is 1. The number of benzene rings is 2. The molecular weight excluding hydrogens is 326 g/mol. The van der Waals surface area contributed by atoms with E-state index in [0.29, 0.717) is 12.3 Å². The summed E-state index contributed by atoms with van der Waals surface area (Å²) in [5.74, 6) is 1.49. The van der Waals surface area contributed by atoms with Crippen LogP contribution in [0.2, 0.25) is 5.02 Å². The highest BCUT2D eigenvalue weighted by Gasteiger charge is 2.02. The van der Waals surface area contributed by atoms with Crippen LogP contribution >= 0.6 is 23.4 Å². The maximum atomic E-state index is 11.8. The molecule has 0 spiro atoms. The third kappa shape index (κ3) is 7.10. The summed E-state index contributed by atoms with van der Waals surface area (Å²) in [6.07, 6.45) is 1.89. The van der Waals surface area contributed by atoms with Crippen molar-refractivity contribution in [2.45, 2.75) is 25.5 Å². The van der Waals surface area contributed by atoms with Gasteiger partial charge in [0.05, 0.1) is 5.75 Å². The third-order valence-electron chi connectivity index (χ3n) is 3.50. The molecule has 0 heterocycles. The molecule has 0 saturated carbocycles. The molecule has 4 heteroatoms. The molecule has 0 atom stereocenters. The number of nitrogens with one attached hydrogen (secondary N) is 1. The molecule has 0 aliphatic heterocycles. The van der Waals surface area contributed by atoms with Crippen molar-refractivity contribution in [3.63, 3.8) is 0 Å². The van der Waals surface area contributed by atoms with Crippen molar-refractivity contribution < 1.29 is 4.79 Å². The molecule has 1 N–H and O–H groups in total. The quantitative estimate of drug-likeness (QED) is 0.705. The molecule has 2 rings (SSSR count). The van der Waals surface area contributed by atoms with Crippen molar-refractivity contribution in [2.24, 2.45) is 0 Å². The van der Waals surface area contributed by atoms with Crippen LogP contribution in [0, 0.1) is 6.92 Å². The van der Waals surface area contributed by atoms with E-state index in [9.17, 15) is 4.79 Å². The SMILES string of the molecule is Cc1ccc(CSCC(=O)NCCCc2ccc(Cl)cc2)cc1. The predicted octanol–water partition coefficient (Wildman–Crippen LogP) is 4.63. The average molecular weight is 348 g/mol. The fourth-order valence-electron chi connectivity index (χ4n) is 2.17. The van der Waals surface area contributed by atoms with E-state index in [1.54, 1.807) is 11.8 Å². The Morgan fingerprint density at radius 2 is 1.70 bits per heavy atom. The molecule has 2 nitrogen and oxygen atoms in total. The normalized spacial score (nSPS) is 10.5. The summed E-state index contributed by atoms with van der Waals surface area (Å²) in [6, 6.07) is 16.3. The van der Waals surface area contributed by atoms with E-state index in [4.69, 9.17) is 11.6 Å². The van der Waals surface area contributed by atoms with E-state index in [0.717, 1.165) is 23.6 Å². The molecule has 0 aliphatic rings. The minimum absolute atomic E-state index is 0.109. The van der Waals surface area contributed by atoms with Gasteiger partial charge in [-0.25, -0.2) is 0 Å². The van der Waals surface area contributed by atoms with Crippen LogP contribution in [0.25, 0.3) is 0 Å². The average Bonchev–Trinajstić information content (AvgIpc) is 2.55. The Morgan fingerprint density at radius 1 is 1.04 bits per heavy atom. The summed E-state index contributed by atoms with van der Waals surface area (Å²) < 4.78 is 0. The zero-order chi connectivity index (χ0) is 16.5. The van der Waals surface area contributed by atoms with Crippen molar-refractivity contribution in [1.29, 1.82) is 0 Å². The van der Waals surface area contributed by atoms with Crippen LogP contribution in [0.3, 0.4) is 0 Å². The van der Waals surface area contributed by atoms with Crippen LogP contribution in [0.1, 0.15) is 23.1 Å². The van der Waals surface area contributed by atoms with Gasteiger partial charge in [-0.3, -0.25) is 4.79 Å². The van der Waals surface area contributed by atoms with Gasteiger partial charge in [-0.05, 0) is 43.0 Å². The zero-order valence-corrected chi connectivity index (χ0v) is 14.9. The van der Waals surface area contributed by atoms with E-state index in [2.05, 4.69) is 36.5 Å². The number of carbonyl (C=O) groups excluding carboxylic acids is 1. The minimum Gasteiger partial charge on any atom is -0.355 e. The van der Waals surface area contributed by atoms with Gasteiger partial charge < -0.3 is 5.32 Å². The summed E-state index contributed by atoms with van der Waals surface area (Å²) in [5, 5.41) is 3.73. The van der Waals surface area contributed by atoms with Crippen molar-refractivity contribution in [2.75, 3.05) is 12.3 Å². The summed E-state index contributed by atoms with van der Waals surface area (Å²) >= 11 is 7.51. The van der Waals surface area contributed by atoms with E-state index in [1.807, 2.05) is 24.3 Å². The molecule has 122 valence electrons. The fraction of sp³-hybridized carbons (Fsp3) is 0.316. The van der Waals surface area contributed by atoms with Gasteiger partial charge >= 0.3 is 0 Å². The molecule has 0 aliphatic carbocycles. The number of thioether (sulfide) groups is 1. The topological polar surface area (TPSA) is 29.1 Å². The first-order valence-electron chi connectivity index (χ1n) is 7.78. The van der Waals surface area contributed by atoms with E-state index < -0.39 is 0 Å². The lowest BCUT2D eigenvalue weighted by atomic mass is 10.1. The predicted molar refractivity (Wildman–Crippen MR) is 100 cm³/mol. The molecule has 0 aromatic heterocycles. The van der Waals surface area contributed by atoms with Crippen LogP contribution < -0.4 is 5.32 Å². The molecule has 1 amide bonds. The lowest BCUT2D eigenvalue weighted by Gasteiger charge is -2.06. The summed E-state index contributed by atoms with van der Waals surface area (Å²) in [4.78, 5) is 11.8. The molecule has 2 aromatic carbocycles. The number of halogens is 1. The lowest BCUT2D eigenvalue weighted by Crippen LogP contribution is -2.26. The Hall–Kier alpha value is -1.45. The molecular formula is C19H22ClNOS. The van der Waals surface area contributed by atoms with E-state index in [-0.39, 0.29) is 5.91 Å². The van der Waals surface area contributed by atoms with E-state index >= 15 is 0 Å². The second-order valence-electron chi connectivity index (χ2n) is 5.56. The Morgan fingerprint density at radius 3 is 2.39 bits per heavy atom. The molecule has 0 bridgehead atoms. The van der Waals surface area contributed by atoms with Crippen molar-refractivity contribution in [3.05, 3.63) is 70.2 Å². The monoisotopic (exact) mass is 347 g/mol. The van der Waals surface area contributed by atoms with Crippen LogP contribution in [0.5, 0.6) is 0 Å². The maximum absolute atomic E-state index is 11.8. The molecule has 0 radical (unpaired) electrons. The van der Waals surface area contributed by atoms with Gasteiger partial charge in [-0.1, -0.05) is 53.6 Å². The van der Waals surface area contributed by atoms with Gasteiger partial charge in [0, 0.05) is 17.3 Å². The lowest BCUT2D eigenvalue weighted by molar-refractivity contribution is -0.118. The largest absolute Gasteiger partial charge is 0.355 e. The standard InChI is InChI=1S/C19H22ClNOS/c1-15-4-6-17(7-5-15)13-23-14-19(22)21-12-2-3-16-8-10-18(20)11-9-16/h4-11H,2-3,12-14H2,1H3,(H,21,22). The zero-order valence-electron chi connectivity index (χ0n) is 13.3. The van der Waals surface area contributed by atoms with Gasteiger partial charge in [0.15, 0.2) is 0 Å². The molecule has 0 saturated heterocycles. The first kappa shape index (κ1) is 17.9. The van der Waals surface area contributed by atoms with Gasteiger partial charge in [0.1, 0.15) is 0 Å². The second kappa shape index (κ2) is 9.64. The Kier molecular flexibility index (Phi) is 7.50. The Bertz CT molecular complexity index is 610. The van der Waals surface area contributed by atoms with Crippen molar-refractivity contribution in [3.8, 4) is 0 Å². The fourth-order valence-corrected chi connectivity index (χ4v) is 3.11. The number of amides is 1. The van der Waals surface area contributed by atoms with Gasteiger partial charge in [0.25, 0.3) is 0 Å². The summed E-state index contributed by atoms with van der Waals surface area (Å²) in [7, 11) is 0. The highest BCUT2D eigenvalue weighted by molar-refractivity contribution is 7.99. The summed E-state index contributed by atoms with van der Waals surface area (Å²) in [6.45, 7) is 2.79. The van der Waals surface area contributed by atoms with E-state index in [1.165, 1.54) is 16.7 Å². The molecule has 0 unspecified atom stereocenters. The van der Waals surface area contributed by atoms with Crippen molar-refractivity contribution in [1.82, 2.24) is 5.32 Å².